The zero-order valence-corrected chi connectivity index (χ0v) is 17.7. The summed E-state index contributed by atoms with van der Waals surface area (Å²) in [4.78, 5) is 14.5. The van der Waals surface area contributed by atoms with Gasteiger partial charge in [0, 0.05) is 26.1 Å². The van der Waals surface area contributed by atoms with E-state index < -0.39 is 10.0 Å². The second kappa shape index (κ2) is 8.84. The second-order valence-electron chi connectivity index (χ2n) is 7.01. The SMILES string of the molecule is CCN(Cc1ccc2c(c1)OCO2)C(=O)CCNS(=O)(=O)c1cc(C)ccc1C. The minimum absolute atomic E-state index is 0.0478. The van der Waals surface area contributed by atoms with Crippen LogP contribution in [0.1, 0.15) is 30.0 Å². The van der Waals surface area contributed by atoms with Crippen LogP contribution >= 0.6 is 0 Å². The molecule has 0 fully saturated rings. The third-order valence-corrected chi connectivity index (χ3v) is 6.41. The maximum Gasteiger partial charge on any atom is 0.240 e. The van der Waals surface area contributed by atoms with Crippen molar-refractivity contribution in [3.8, 4) is 11.5 Å². The molecule has 0 bridgehead atoms. The van der Waals surface area contributed by atoms with Gasteiger partial charge in [0.25, 0.3) is 0 Å². The lowest BCUT2D eigenvalue weighted by Gasteiger charge is -2.21. The molecule has 2 aromatic carbocycles. The van der Waals surface area contributed by atoms with Crippen molar-refractivity contribution in [2.45, 2.75) is 38.6 Å². The maximum absolute atomic E-state index is 12.6. The van der Waals surface area contributed by atoms with Gasteiger partial charge in [-0.15, -0.1) is 0 Å². The van der Waals surface area contributed by atoms with Gasteiger partial charge in [-0.2, -0.15) is 0 Å². The second-order valence-corrected chi connectivity index (χ2v) is 8.75. The number of benzene rings is 2. The van der Waals surface area contributed by atoms with Crippen molar-refractivity contribution in [1.82, 2.24) is 9.62 Å². The topological polar surface area (TPSA) is 84.9 Å². The molecule has 1 aliphatic heterocycles. The lowest BCUT2D eigenvalue weighted by Crippen LogP contribution is -2.34. The third-order valence-electron chi connectivity index (χ3n) is 4.81. The van der Waals surface area contributed by atoms with E-state index >= 15 is 0 Å². The van der Waals surface area contributed by atoms with Gasteiger partial charge >= 0.3 is 0 Å². The molecule has 156 valence electrons. The molecule has 3 rings (SSSR count). The molecule has 0 atom stereocenters. The van der Waals surface area contributed by atoms with Gasteiger partial charge in [-0.05, 0) is 55.7 Å². The van der Waals surface area contributed by atoms with Crippen molar-refractivity contribution in [2.24, 2.45) is 0 Å². The van der Waals surface area contributed by atoms with Gasteiger partial charge in [0.05, 0.1) is 4.90 Å². The predicted octanol–water partition coefficient (Wildman–Crippen LogP) is 2.75. The smallest absolute Gasteiger partial charge is 0.240 e. The number of ether oxygens (including phenoxy) is 2. The van der Waals surface area contributed by atoms with E-state index in [1.807, 2.05) is 38.1 Å². The van der Waals surface area contributed by atoms with Crippen LogP contribution in [0.2, 0.25) is 0 Å². The number of aryl methyl sites for hydroxylation is 2. The summed E-state index contributed by atoms with van der Waals surface area (Å²) in [6.07, 6.45) is 0.0858. The van der Waals surface area contributed by atoms with Crippen molar-refractivity contribution in [3.05, 3.63) is 53.1 Å². The lowest BCUT2D eigenvalue weighted by molar-refractivity contribution is -0.131. The summed E-state index contributed by atoms with van der Waals surface area (Å²) in [6.45, 7) is 6.69. The Morgan fingerprint density at radius 2 is 1.86 bits per heavy atom. The molecular weight excluding hydrogens is 392 g/mol. The van der Waals surface area contributed by atoms with Crippen LogP contribution in [0.3, 0.4) is 0 Å². The standard InChI is InChI=1S/C21H26N2O5S/c1-4-23(13-17-7-8-18-19(12-17)28-14-27-18)21(24)9-10-22-29(25,26)20-11-15(2)5-6-16(20)3/h5-8,11-12,22H,4,9-10,13-14H2,1-3H3. The molecule has 7 nitrogen and oxygen atoms in total. The van der Waals surface area contributed by atoms with E-state index in [4.69, 9.17) is 9.47 Å². The van der Waals surface area contributed by atoms with Gasteiger partial charge in [0.15, 0.2) is 11.5 Å². The summed E-state index contributed by atoms with van der Waals surface area (Å²) in [5, 5.41) is 0. The summed E-state index contributed by atoms with van der Waals surface area (Å²) in [7, 11) is -3.66. The number of carbonyl (C=O) groups is 1. The van der Waals surface area contributed by atoms with Crippen LogP contribution in [0.4, 0.5) is 0 Å². The van der Waals surface area contributed by atoms with E-state index in [9.17, 15) is 13.2 Å². The number of fused-ring (bicyclic) bond motifs is 1. The van der Waals surface area contributed by atoms with Crippen LogP contribution in [0, 0.1) is 13.8 Å². The molecule has 1 aliphatic rings. The van der Waals surface area contributed by atoms with Crippen molar-refractivity contribution >= 4 is 15.9 Å². The average molecular weight is 419 g/mol. The maximum atomic E-state index is 12.6. The summed E-state index contributed by atoms with van der Waals surface area (Å²) >= 11 is 0. The molecule has 0 saturated heterocycles. The normalized spacial score (nSPS) is 12.8. The number of hydrogen-bond donors (Lipinski definition) is 1. The molecule has 29 heavy (non-hydrogen) atoms. The van der Waals surface area contributed by atoms with Crippen molar-refractivity contribution in [2.75, 3.05) is 19.9 Å². The fourth-order valence-electron chi connectivity index (χ4n) is 3.16. The number of sulfonamides is 1. The van der Waals surface area contributed by atoms with E-state index in [1.54, 1.807) is 24.0 Å². The molecule has 1 N–H and O–H groups in total. The zero-order valence-electron chi connectivity index (χ0n) is 16.9. The molecule has 2 aromatic rings. The number of nitrogens with one attached hydrogen (secondary N) is 1. The Hall–Kier alpha value is -2.58. The Kier molecular flexibility index (Phi) is 6.44. The molecule has 0 aromatic heterocycles. The van der Waals surface area contributed by atoms with Gasteiger partial charge in [-0.1, -0.05) is 18.2 Å². The van der Waals surface area contributed by atoms with E-state index in [0.29, 0.717) is 30.2 Å². The van der Waals surface area contributed by atoms with Gasteiger partial charge < -0.3 is 14.4 Å². The first-order chi connectivity index (χ1) is 13.8. The van der Waals surface area contributed by atoms with E-state index in [2.05, 4.69) is 4.72 Å². The molecule has 0 unspecified atom stereocenters. The number of nitrogens with zero attached hydrogens (tertiary/aromatic N) is 1. The summed E-state index contributed by atoms with van der Waals surface area (Å²) in [6, 6.07) is 10.9. The largest absolute Gasteiger partial charge is 0.454 e. The summed E-state index contributed by atoms with van der Waals surface area (Å²) in [5.41, 5.74) is 2.47. The highest BCUT2D eigenvalue weighted by Gasteiger charge is 2.19. The Morgan fingerprint density at radius 3 is 2.62 bits per heavy atom. The monoisotopic (exact) mass is 418 g/mol. The fourth-order valence-corrected chi connectivity index (χ4v) is 4.52. The van der Waals surface area contributed by atoms with Crippen LogP contribution in [0.15, 0.2) is 41.3 Å². The van der Waals surface area contributed by atoms with Crippen molar-refractivity contribution < 1.29 is 22.7 Å². The Morgan fingerprint density at radius 1 is 1.10 bits per heavy atom. The van der Waals surface area contributed by atoms with Gasteiger partial charge in [0.2, 0.25) is 22.7 Å². The van der Waals surface area contributed by atoms with E-state index in [1.165, 1.54) is 0 Å². The number of carbonyl (C=O) groups excluding carboxylic acids is 1. The molecule has 0 saturated carbocycles. The fraction of sp³-hybridized carbons (Fsp3) is 0.381. The molecule has 0 aliphatic carbocycles. The van der Waals surface area contributed by atoms with Crippen LogP contribution in [-0.2, 0) is 21.4 Å². The Balaban J connectivity index is 1.58. The highest BCUT2D eigenvalue weighted by Crippen LogP contribution is 2.32. The Bertz CT molecular complexity index is 1000. The molecule has 1 heterocycles. The van der Waals surface area contributed by atoms with Crippen molar-refractivity contribution in [3.63, 3.8) is 0 Å². The molecular formula is C21H26N2O5S. The lowest BCUT2D eigenvalue weighted by atomic mass is 10.2. The first kappa shape index (κ1) is 21.1. The quantitative estimate of drug-likeness (QED) is 0.713. The summed E-state index contributed by atoms with van der Waals surface area (Å²) < 4.78 is 38.3. The minimum atomic E-state index is -3.66. The van der Waals surface area contributed by atoms with Gasteiger partial charge in [0.1, 0.15) is 0 Å². The van der Waals surface area contributed by atoms with E-state index in [-0.39, 0.29) is 30.6 Å². The molecule has 0 radical (unpaired) electrons. The van der Waals surface area contributed by atoms with Crippen molar-refractivity contribution in [1.29, 1.82) is 0 Å². The van der Waals surface area contributed by atoms with Crippen LogP contribution in [0.5, 0.6) is 11.5 Å². The van der Waals surface area contributed by atoms with E-state index in [0.717, 1.165) is 11.1 Å². The zero-order chi connectivity index (χ0) is 21.0. The number of hydrogen-bond acceptors (Lipinski definition) is 5. The average Bonchev–Trinajstić information content (AvgIpc) is 3.15. The number of rotatable bonds is 8. The molecule has 0 spiro atoms. The van der Waals surface area contributed by atoms with Crippen LogP contribution in [0.25, 0.3) is 0 Å². The first-order valence-electron chi connectivity index (χ1n) is 9.53. The third kappa shape index (κ3) is 5.07. The first-order valence-corrected chi connectivity index (χ1v) is 11.0. The summed E-state index contributed by atoms with van der Waals surface area (Å²) in [5.74, 6) is 1.25. The van der Waals surface area contributed by atoms with Crippen LogP contribution < -0.4 is 14.2 Å². The minimum Gasteiger partial charge on any atom is -0.454 e. The predicted molar refractivity (Wildman–Crippen MR) is 109 cm³/mol. The highest BCUT2D eigenvalue weighted by molar-refractivity contribution is 7.89. The van der Waals surface area contributed by atoms with Gasteiger partial charge in [-0.25, -0.2) is 13.1 Å². The number of amides is 1. The Labute approximate surface area is 171 Å². The van der Waals surface area contributed by atoms with Gasteiger partial charge in [-0.3, -0.25) is 4.79 Å². The highest BCUT2D eigenvalue weighted by atomic mass is 32.2. The molecule has 1 amide bonds. The van der Waals surface area contributed by atoms with Crippen LogP contribution in [-0.4, -0.2) is 39.1 Å². The molecule has 8 heteroatoms.